The number of nitrogens with one attached hydrogen (secondary N) is 1. The zero-order chi connectivity index (χ0) is 25.9. The van der Waals surface area contributed by atoms with Crippen LogP contribution in [0.1, 0.15) is 73.3 Å². The number of aromatic nitrogens is 1. The molecule has 1 amide bonds. The summed E-state index contributed by atoms with van der Waals surface area (Å²) in [5, 5.41) is 0. The molecular weight excluding hydrogens is 452 g/mol. The van der Waals surface area contributed by atoms with Crippen molar-refractivity contribution in [2.75, 3.05) is 12.0 Å². The van der Waals surface area contributed by atoms with E-state index in [-0.39, 0.29) is 12.0 Å². The molecule has 0 radical (unpaired) electrons. The first-order valence-corrected chi connectivity index (χ1v) is 12.3. The quantitative estimate of drug-likeness (QED) is 0.435. The molecule has 0 saturated carbocycles. The van der Waals surface area contributed by atoms with Crippen LogP contribution in [-0.2, 0) is 9.53 Å². The molecule has 0 fully saturated rings. The van der Waals surface area contributed by atoms with Gasteiger partial charge in [-0.25, -0.2) is 4.79 Å². The van der Waals surface area contributed by atoms with Gasteiger partial charge in [-0.15, -0.1) is 0 Å². The fourth-order valence-electron chi connectivity index (χ4n) is 5.71. The van der Waals surface area contributed by atoms with Gasteiger partial charge >= 0.3 is 5.97 Å². The zero-order valence-electron chi connectivity index (χ0n) is 21.9. The lowest BCUT2D eigenvalue weighted by molar-refractivity contribution is -0.119. The van der Waals surface area contributed by atoms with Crippen molar-refractivity contribution in [1.82, 2.24) is 4.98 Å². The third kappa shape index (κ3) is 3.55. The molecule has 6 nitrogen and oxygen atoms in total. The third-order valence-corrected chi connectivity index (χ3v) is 7.05. The molecule has 6 heteroatoms. The average molecular weight is 485 g/mol. The van der Waals surface area contributed by atoms with Gasteiger partial charge < -0.3 is 19.4 Å². The number of allylic oxidation sites excluding steroid dienone is 1. The fourth-order valence-corrected chi connectivity index (χ4v) is 5.71. The molecule has 2 aromatic carbocycles. The number of rotatable bonds is 5. The van der Waals surface area contributed by atoms with Gasteiger partial charge in [0, 0.05) is 16.8 Å². The topological polar surface area (TPSA) is 71.6 Å². The van der Waals surface area contributed by atoms with E-state index in [0.29, 0.717) is 22.6 Å². The van der Waals surface area contributed by atoms with Crippen LogP contribution in [0.25, 0.3) is 16.8 Å². The zero-order valence-corrected chi connectivity index (χ0v) is 21.9. The number of nitrogens with zero attached hydrogens (tertiary/aromatic N) is 1. The van der Waals surface area contributed by atoms with Gasteiger partial charge in [0.05, 0.1) is 41.6 Å². The Morgan fingerprint density at radius 1 is 1.11 bits per heavy atom. The molecule has 0 spiro atoms. The fraction of sp³-hybridized carbons (Fsp3) is 0.333. The van der Waals surface area contributed by atoms with Crippen molar-refractivity contribution in [1.29, 1.82) is 0 Å². The second-order valence-corrected chi connectivity index (χ2v) is 10.4. The number of carbonyl (C=O) groups excluding carboxylic acids is 2. The van der Waals surface area contributed by atoms with Crippen LogP contribution in [0.5, 0.6) is 5.75 Å². The van der Waals surface area contributed by atoms with E-state index in [4.69, 9.17) is 9.47 Å². The number of anilines is 1. The molecule has 3 aromatic rings. The highest BCUT2D eigenvalue weighted by Gasteiger charge is 2.50. The van der Waals surface area contributed by atoms with E-state index >= 15 is 0 Å². The summed E-state index contributed by atoms with van der Waals surface area (Å²) in [5.74, 6) is -0.517. The van der Waals surface area contributed by atoms with Crippen molar-refractivity contribution in [2.45, 2.75) is 59.1 Å². The summed E-state index contributed by atoms with van der Waals surface area (Å²) >= 11 is 0. The highest BCUT2D eigenvalue weighted by Crippen LogP contribution is 2.54. The second-order valence-electron chi connectivity index (χ2n) is 10.4. The normalized spacial score (nSPS) is 17.8. The van der Waals surface area contributed by atoms with Crippen molar-refractivity contribution in [3.8, 4) is 17.0 Å². The van der Waals surface area contributed by atoms with Gasteiger partial charge in [-0.3, -0.25) is 4.79 Å². The minimum absolute atomic E-state index is 0.0666. The molecule has 3 heterocycles. The number of hydrogen-bond donors (Lipinski definition) is 1. The highest BCUT2D eigenvalue weighted by molar-refractivity contribution is 6.14. The number of carbonyl (C=O) groups is 2. The van der Waals surface area contributed by atoms with Crippen LogP contribution in [0.4, 0.5) is 5.69 Å². The van der Waals surface area contributed by atoms with E-state index < -0.39 is 17.4 Å². The maximum Gasteiger partial charge on any atom is 0.340 e. The average Bonchev–Trinajstić information content (AvgIpc) is 3.30. The van der Waals surface area contributed by atoms with Crippen molar-refractivity contribution >= 4 is 23.1 Å². The van der Waals surface area contributed by atoms with E-state index in [0.717, 1.165) is 33.6 Å². The van der Waals surface area contributed by atoms with Crippen LogP contribution in [0, 0.1) is 6.92 Å². The first kappa shape index (κ1) is 23.9. The summed E-state index contributed by atoms with van der Waals surface area (Å²) in [6, 6.07) is 13.7. The maximum atomic E-state index is 14.4. The number of H-pyrrole nitrogens is 1. The molecule has 5 rings (SSSR count). The van der Waals surface area contributed by atoms with Gasteiger partial charge in [0.1, 0.15) is 5.75 Å². The molecule has 1 aromatic heterocycles. The van der Waals surface area contributed by atoms with Crippen LogP contribution in [-0.4, -0.2) is 35.6 Å². The first-order chi connectivity index (χ1) is 17.0. The molecule has 2 aliphatic heterocycles. The molecule has 1 atom stereocenters. The van der Waals surface area contributed by atoms with Gasteiger partial charge in [0.2, 0.25) is 5.91 Å². The number of benzene rings is 2. The number of amides is 1. The number of ether oxygens (including phenoxy) is 2. The molecule has 36 heavy (non-hydrogen) atoms. The van der Waals surface area contributed by atoms with E-state index in [1.54, 1.807) is 7.11 Å². The largest absolute Gasteiger partial charge is 0.497 e. The summed E-state index contributed by atoms with van der Waals surface area (Å²) in [6.45, 7) is 11.7. The smallest absolute Gasteiger partial charge is 0.340 e. The van der Waals surface area contributed by atoms with E-state index in [2.05, 4.69) is 18.0 Å². The number of aryl methyl sites for hydroxylation is 1. The van der Waals surface area contributed by atoms with Gasteiger partial charge in [0.25, 0.3) is 0 Å². The van der Waals surface area contributed by atoms with Crippen molar-refractivity contribution < 1.29 is 19.1 Å². The Labute approximate surface area is 211 Å². The summed E-state index contributed by atoms with van der Waals surface area (Å²) in [6.07, 6.45) is 1.83. The van der Waals surface area contributed by atoms with Gasteiger partial charge in [0.15, 0.2) is 0 Å². The lowest BCUT2D eigenvalue weighted by Gasteiger charge is -2.39. The van der Waals surface area contributed by atoms with Crippen molar-refractivity contribution in [3.05, 3.63) is 76.5 Å². The Morgan fingerprint density at radius 2 is 1.81 bits per heavy atom. The highest BCUT2D eigenvalue weighted by atomic mass is 16.5. The summed E-state index contributed by atoms with van der Waals surface area (Å²) in [5.41, 5.74) is 6.65. The van der Waals surface area contributed by atoms with Crippen LogP contribution < -0.4 is 9.64 Å². The predicted octanol–water partition coefficient (Wildman–Crippen LogP) is 6.24. The first-order valence-electron chi connectivity index (χ1n) is 12.3. The van der Waals surface area contributed by atoms with Crippen LogP contribution in [0.15, 0.2) is 48.5 Å². The molecule has 1 N–H and O–H groups in total. The Morgan fingerprint density at radius 3 is 2.44 bits per heavy atom. The van der Waals surface area contributed by atoms with E-state index in [1.807, 2.05) is 82.0 Å². The lowest BCUT2D eigenvalue weighted by atomic mass is 9.85. The second kappa shape index (κ2) is 8.40. The van der Waals surface area contributed by atoms with Crippen LogP contribution in [0.2, 0.25) is 0 Å². The number of hydrogen-bond acceptors (Lipinski definition) is 4. The molecule has 0 bridgehead atoms. The summed E-state index contributed by atoms with van der Waals surface area (Å²) < 4.78 is 11.3. The van der Waals surface area contributed by atoms with Crippen LogP contribution >= 0.6 is 0 Å². The van der Waals surface area contributed by atoms with Gasteiger partial charge in [-0.1, -0.05) is 36.4 Å². The molecule has 0 aliphatic carbocycles. The van der Waals surface area contributed by atoms with Gasteiger partial charge in [-0.05, 0) is 70.4 Å². The minimum atomic E-state index is -0.692. The van der Waals surface area contributed by atoms with Crippen molar-refractivity contribution in [3.63, 3.8) is 0 Å². The number of aromatic amines is 1. The molecular formula is C30H32N2O4. The van der Waals surface area contributed by atoms with E-state index in [9.17, 15) is 9.59 Å². The number of methoxy groups -OCH3 is 1. The SMILES string of the molecule is COc1cc2c3c(c1)C(c1c(-c4ccccc4)[nH]c(C)c1C(=O)OC(C)C)C(=O)N3C(C)(C)C=C2C. The molecule has 186 valence electrons. The Hall–Kier alpha value is -3.80. The Kier molecular flexibility index (Phi) is 5.58. The molecule has 2 aliphatic rings. The molecule has 0 saturated heterocycles. The summed E-state index contributed by atoms with van der Waals surface area (Å²) in [4.78, 5) is 33.1. The predicted molar refractivity (Wildman–Crippen MR) is 142 cm³/mol. The van der Waals surface area contributed by atoms with Gasteiger partial charge in [-0.2, -0.15) is 0 Å². The van der Waals surface area contributed by atoms with Crippen molar-refractivity contribution in [2.24, 2.45) is 0 Å². The summed E-state index contributed by atoms with van der Waals surface area (Å²) in [7, 11) is 1.63. The van der Waals surface area contributed by atoms with Crippen LogP contribution in [0.3, 0.4) is 0 Å². The standard InChI is InChI=1S/C30H32N2O4/c1-16(2)36-29(34)23-18(4)31-26(19-11-9-8-10-12-19)25(23)24-22-14-20(35-7)13-21-17(3)15-30(5,6)32(27(21)22)28(24)33/h8-16,24,31H,1-7H3. The lowest BCUT2D eigenvalue weighted by Crippen LogP contribution is -2.47. The monoisotopic (exact) mass is 484 g/mol. The maximum absolute atomic E-state index is 14.4. The number of esters is 1. The Bertz CT molecular complexity index is 1410. The van der Waals surface area contributed by atoms with E-state index in [1.165, 1.54) is 0 Å². The minimum Gasteiger partial charge on any atom is -0.497 e. The Balaban J connectivity index is 1.84. The molecule has 1 unspecified atom stereocenters. The third-order valence-electron chi connectivity index (χ3n) is 7.05.